The molecule has 0 atom stereocenters. The predicted octanol–water partition coefficient (Wildman–Crippen LogP) is 2.30. The lowest BCUT2D eigenvalue weighted by Crippen LogP contribution is -1.81. The third-order valence-electron chi connectivity index (χ3n) is 1.57. The van der Waals surface area contributed by atoms with Crippen LogP contribution >= 0.6 is 15.9 Å². The van der Waals surface area contributed by atoms with E-state index in [1.54, 1.807) is 6.07 Å². The number of benzene rings is 1. The van der Waals surface area contributed by atoms with Gasteiger partial charge in [0.2, 0.25) is 5.89 Å². The molecular formula is C8H7BrN2O. The van der Waals surface area contributed by atoms with Crippen LogP contribution in [0.2, 0.25) is 0 Å². The molecule has 0 bridgehead atoms. The highest BCUT2D eigenvalue weighted by Crippen LogP contribution is 2.19. The summed E-state index contributed by atoms with van der Waals surface area (Å²) in [5.74, 6) is 0.676. The molecule has 2 N–H and O–H groups in total. The molecule has 1 aromatic heterocycles. The van der Waals surface area contributed by atoms with E-state index in [-0.39, 0.29) is 0 Å². The Morgan fingerprint density at radius 1 is 1.50 bits per heavy atom. The molecule has 0 saturated carbocycles. The van der Waals surface area contributed by atoms with Gasteiger partial charge in [-0.15, -0.1) is 0 Å². The van der Waals surface area contributed by atoms with Gasteiger partial charge in [0, 0.05) is 11.8 Å². The molecule has 2 aromatic rings. The zero-order valence-electron chi connectivity index (χ0n) is 6.25. The zero-order valence-corrected chi connectivity index (χ0v) is 7.84. The summed E-state index contributed by atoms with van der Waals surface area (Å²) in [5, 5.41) is 0.627. The summed E-state index contributed by atoms with van der Waals surface area (Å²) in [4.78, 5) is 4.20. The molecule has 0 amide bonds. The van der Waals surface area contributed by atoms with E-state index in [0.717, 1.165) is 11.1 Å². The maximum absolute atomic E-state index is 5.58. The highest BCUT2D eigenvalue weighted by atomic mass is 79.9. The van der Waals surface area contributed by atoms with Crippen molar-refractivity contribution in [1.82, 2.24) is 4.98 Å². The molecule has 1 heterocycles. The van der Waals surface area contributed by atoms with Gasteiger partial charge in [-0.1, -0.05) is 15.9 Å². The number of hydrogen-bond donors (Lipinski definition) is 1. The molecule has 0 saturated heterocycles. The minimum absolute atomic E-state index is 0.627. The van der Waals surface area contributed by atoms with Crippen molar-refractivity contribution in [3.8, 4) is 0 Å². The molecule has 1 aromatic carbocycles. The number of oxazole rings is 1. The first-order chi connectivity index (χ1) is 5.79. The van der Waals surface area contributed by atoms with Crippen LogP contribution < -0.4 is 5.73 Å². The Labute approximate surface area is 77.7 Å². The van der Waals surface area contributed by atoms with Crippen molar-refractivity contribution in [3.63, 3.8) is 0 Å². The fraction of sp³-hybridized carbons (Fsp3) is 0.125. The number of fused-ring (bicyclic) bond motifs is 1. The van der Waals surface area contributed by atoms with Gasteiger partial charge in [0.1, 0.15) is 5.52 Å². The van der Waals surface area contributed by atoms with Crippen LogP contribution in [0.3, 0.4) is 0 Å². The van der Waals surface area contributed by atoms with Crippen LogP contribution in [-0.2, 0) is 5.33 Å². The van der Waals surface area contributed by atoms with Crippen LogP contribution in [0, 0.1) is 0 Å². The lowest BCUT2D eigenvalue weighted by atomic mass is 10.3. The van der Waals surface area contributed by atoms with Crippen LogP contribution in [0.4, 0.5) is 5.69 Å². The molecule has 3 nitrogen and oxygen atoms in total. The first-order valence-corrected chi connectivity index (χ1v) is 4.62. The Bertz CT molecular complexity index is 410. The number of anilines is 1. The maximum Gasteiger partial charge on any atom is 0.206 e. The Hall–Kier alpha value is -1.03. The third-order valence-corrected chi connectivity index (χ3v) is 2.05. The van der Waals surface area contributed by atoms with Crippen LogP contribution in [0.1, 0.15) is 5.89 Å². The van der Waals surface area contributed by atoms with Gasteiger partial charge in [-0.2, -0.15) is 0 Å². The maximum atomic E-state index is 5.58. The Morgan fingerprint density at radius 2 is 2.33 bits per heavy atom. The molecular weight excluding hydrogens is 220 g/mol. The second kappa shape index (κ2) is 2.79. The SMILES string of the molecule is Nc1ccc2nc(CBr)oc2c1. The standard InChI is InChI=1S/C8H7BrN2O/c9-4-8-11-6-2-1-5(10)3-7(6)12-8/h1-3H,4,10H2. The lowest BCUT2D eigenvalue weighted by Gasteiger charge is -1.88. The summed E-state index contributed by atoms with van der Waals surface area (Å²) < 4.78 is 5.36. The fourth-order valence-electron chi connectivity index (χ4n) is 1.05. The number of halogens is 1. The summed E-state index contributed by atoms with van der Waals surface area (Å²) in [5.41, 5.74) is 7.86. The van der Waals surface area contributed by atoms with Crippen molar-refractivity contribution in [2.75, 3.05) is 5.73 Å². The van der Waals surface area contributed by atoms with Gasteiger partial charge in [0.25, 0.3) is 0 Å². The van der Waals surface area contributed by atoms with Gasteiger partial charge >= 0.3 is 0 Å². The van der Waals surface area contributed by atoms with Crippen LogP contribution in [0.5, 0.6) is 0 Å². The van der Waals surface area contributed by atoms with E-state index in [9.17, 15) is 0 Å². The average molecular weight is 227 g/mol. The van der Waals surface area contributed by atoms with E-state index in [1.807, 2.05) is 12.1 Å². The van der Waals surface area contributed by atoms with Gasteiger partial charge < -0.3 is 10.2 Å². The van der Waals surface area contributed by atoms with Crippen LogP contribution in [-0.4, -0.2) is 4.98 Å². The van der Waals surface area contributed by atoms with E-state index in [1.165, 1.54) is 0 Å². The van der Waals surface area contributed by atoms with Crippen molar-refractivity contribution >= 4 is 32.7 Å². The third kappa shape index (κ3) is 1.18. The summed E-state index contributed by atoms with van der Waals surface area (Å²) in [7, 11) is 0. The average Bonchev–Trinajstić information content (AvgIpc) is 2.46. The van der Waals surface area contributed by atoms with Gasteiger partial charge in [-0.05, 0) is 12.1 Å². The van der Waals surface area contributed by atoms with Crippen molar-refractivity contribution in [2.45, 2.75) is 5.33 Å². The highest BCUT2D eigenvalue weighted by molar-refractivity contribution is 9.08. The molecule has 4 heteroatoms. The highest BCUT2D eigenvalue weighted by Gasteiger charge is 2.03. The molecule has 2 rings (SSSR count). The minimum atomic E-state index is 0.627. The number of alkyl halides is 1. The number of nitrogens with zero attached hydrogens (tertiary/aromatic N) is 1. The molecule has 0 spiro atoms. The predicted molar refractivity (Wildman–Crippen MR) is 51.1 cm³/mol. The first-order valence-electron chi connectivity index (χ1n) is 3.50. The number of aromatic nitrogens is 1. The Balaban J connectivity index is 2.67. The summed E-state index contributed by atoms with van der Waals surface area (Å²) in [6.45, 7) is 0. The van der Waals surface area contributed by atoms with E-state index in [0.29, 0.717) is 16.9 Å². The number of rotatable bonds is 1. The number of nitrogens with two attached hydrogens (primary N) is 1. The van der Waals surface area contributed by atoms with Crippen molar-refractivity contribution < 1.29 is 4.42 Å². The van der Waals surface area contributed by atoms with Crippen molar-refractivity contribution in [1.29, 1.82) is 0 Å². The summed E-state index contributed by atoms with van der Waals surface area (Å²) in [6, 6.07) is 5.43. The van der Waals surface area contributed by atoms with E-state index in [4.69, 9.17) is 10.2 Å². The second-order valence-electron chi connectivity index (χ2n) is 2.47. The fourth-order valence-corrected chi connectivity index (χ4v) is 1.29. The second-order valence-corrected chi connectivity index (χ2v) is 3.03. The van der Waals surface area contributed by atoms with Gasteiger partial charge in [-0.25, -0.2) is 4.98 Å². The molecule has 0 aliphatic heterocycles. The van der Waals surface area contributed by atoms with Crippen LogP contribution in [0.15, 0.2) is 22.6 Å². The molecule has 0 unspecified atom stereocenters. The van der Waals surface area contributed by atoms with Crippen LogP contribution in [0.25, 0.3) is 11.1 Å². The van der Waals surface area contributed by atoms with E-state index in [2.05, 4.69) is 20.9 Å². The molecule has 0 aliphatic carbocycles. The lowest BCUT2D eigenvalue weighted by molar-refractivity contribution is 0.557. The largest absolute Gasteiger partial charge is 0.440 e. The van der Waals surface area contributed by atoms with Gasteiger partial charge in [0.05, 0.1) is 5.33 Å². The normalized spacial score (nSPS) is 10.8. The molecule has 0 radical (unpaired) electrons. The molecule has 0 fully saturated rings. The molecule has 12 heavy (non-hydrogen) atoms. The summed E-state index contributed by atoms with van der Waals surface area (Å²) in [6.07, 6.45) is 0. The minimum Gasteiger partial charge on any atom is -0.440 e. The smallest absolute Gasteiger partial charge is 0.206 e. The molecule has 0 aliphatic rings. The number of hydrogen-bond acceptors (Lipinski definition) is 3. The topological polar surface area (TPSA) is 52.0 Å². The van der Waals surface area contributed by atoms with Crippen molar-refractivity contribution in [3.05, 3.63) is 24.1 Å². The quantitative estimate of drug-likeness (QED) is 0.600. The van der Waals surface area contributed by atoms with Gasteiger partial charge in [0.15, 0.2) is 5.58 Å². The Morgan fingerprint density at radius 3 is 3.08 bits per heavy atom. The van der Waals surface area contributed by atoms with E-state index >= 15 is 0 Å². The zero-order chi connectivity index (χ0) is 8.55. The summed E-state index contributed by atoms with van der Waals surface area (Å²) >= 11 is 3.27. The monoisotopic (exact) mass is 226 g/mol. The van der Waals surface area contributed by atoms with E-state index < -0.39 is 0 Å². The first kappa shape index (κ1) is 7.61. The number of nitrogen functional groups attached to an aromatic ring is 1. The van der Waals surface area contributed by atoms with Gasteiger partial charge in [-0.3, -0.25) is 0 Å². The Kier molecular flexibility index (Phi) is 1.77. The van der Waals surface area contributed by atoms with Crippen molar-refractivity contribution in [2.24, 2.45) is 0 Å². The molecule has 62 valence electrons.